The Morgan fingerprint density at radius 1 is 1.28 bits per heavy atom. The molecular weight excluding hydrogens is 248 g/mol. The minimum atomic E-state index is 0.286. The number of anilines is 1. The maximum atomic E-state index is 5.62. The molecule has 3 heterocycles. The second kappa shape index (κ2) is 4.02. The van der Waals surface area contributed by atoms with Crippen LogP contribution >= 0.6 is 11.3 Å². The van der Waals surface area contributed by atoms with Crippen LogP contribution in [0.25, 0.3) is 15.7 Å². The lowest BCUT2D eigenvalue weighted by Gasteiger charge is -1.98. The van der Waals surface area contributed by atoms with Gasteiger partial charge in [0.25, 0.3) is 0 Å². The lowest BCUT2D eigenvalue weighted by Crippen LogP contribution is -1.98. The van der Waals surface area contributed by atoms with E-state index in [1.54, 1.807) is 10.7 Å². The van der Waals surface area contributed by atoms with Crippen LogP contribution in [0.3, 0.4) is 0 Å². The maximum Gasteiger partial charge on any atom is 0.235 e. The first-order valence-corrected chi connectivity index (χ1v) is 6.41. The van der Waals surface area contributed by atoms with Gasteiger partial charge >= 0.3 is 0 Å². The van der Waals surface area contributed by atoms with E-state index in [0.717, 1.165) is 21.5 Å². The fourth-order valence-electron chi connectivity index (χ4n) is 1.63. The van der Waals surface area contributed by atoms with Crippen molar-refractivity contribution in [3.8, 4) is 10.7 Å². The zero-order valence-electron chi connectivity index (χ0n) is 10.0. The largest absolute Gasteiger partial charge is 0.397 e. The van der Waals surface area contributed by atoms with E-state index < -0.39 is 0 Å². The Morgan fingerprint density at radius 2 is 2.11 bits per heavy atom. The van der Waals surface area contributed by atoms with Gasteiger partial charge in [0.1, 0.15) is 5.69 Å². The van der Waals surface area contributed by atoms with E-state index in [-0.39, 0.29) is 5.92 Å². The van der Waals surface area contributed by atoms with E-state index in [9.17, 15) is 0 Å². The van der Waals surface area contributed by atoms with E-state index in [0.29, 0.717) is 5.69 Å². The molecule has 0 saturated carbocycles. The molecule has 7 heteroatoms. The van der Waals surface area contributed by atoms with E-state index in [1.807, 2.05) is 12.1 Å². The number of fused-ring (bicyclic) bond motifs is 1. The zero-order valence-corrected chi connectivity index (χ0v) is 10.8. The number of nitrogens with zero attached hydrogens (tertiary/aromatic N) is 5. The minimum absolute atomic E-state index is 0.286. The van der Waals surface area contributed by atoms with Crippen LogP contribution in [0.2, 0.25) is 0 Å². The number of pyridine rings is 1. The van der Waals surface area contributed by atoms with E-state index in [4.69, 9.17) is 5.73 Å². The fraction of sp³-hybridized carbons (Fsp3) is 0.273. The van der Waals surface area contributed by atoms with Crippen molar-refractivity contribution in [2.75, 3.05) is 5.73 Å². The summed E-state index contributed by atoms with van der Waals surface area (Å²) >= 11 is 1.47. The van der Waals surface area contributed by atoms with E-state index in [2.05, 4.69) is 34.1 Å². The summed E-state index contributed by atoms with van der Waals surface area (Å²) in [6, 6.07) is 3.67. The number of nitrogen functional groups attached to an aromatic ring is 1. The molecule has 0 aliphatic carbocycles. The van der Waals surface area contributed by atoms with Gasteiger partial charge in [0, 0.05) is 5.92 Å². The van der Waals surface area contributed by atoms with Gasteiger partial charge in [-0.1, -0.05) is 25.2 Å². The first-order valence-electron chi connectivity index (χ1n) is 5.59. The molecular formula is C11H12N6S. The summed E-state index contributed by atoms with van der Waals surface area (Å²) in [5, 5.41) is 13.6. The summed E-state index contributed by atoms with van der Waals surface area (Å²) in [6.07, 6.45) is 1.63. The molecule has 3 rings (SSSR count). The molecule has 0 spiro atoms. The molecule has 3 aromatic heterocycles. The molecule has 0 bridgehead atoms. The van der Waals surface area contributed by atoms with Crippen LogP contribution in [0.15, 0.2) is 18.3 Å². The van der Waals surface area contributed by atoms with E-state index in [1.165, 1.54) is 11.3 Å². The number of hydrogen-bond acceptors (Lipinski definition) is 6. The first kappa shape index (κ1) is 11.1. The molecule has 0 atom stereocenters. The normalized spacial score (nSPS) is 11.5. The summed E-state index contributed by atoms with van der Waals surface area (Å²) < 4.78 is 1.78. The quantitative estimate of drug-likeness (QED) is 0.761. The van der Waals surface area contributed by atoms with Gasteiger partial charge in [0.2, 0.25) is 4.96 Å². The smallest absolute Gasteiger partial charge is 0.235 e. The molecule has 0 fully saturated rings. The summed E-state index contributed by atoms with van der Waals surface area (Å²) in [6.45, 7) is 4.13. The Morgan fingerprint density at radius 3 is 2.78 bits per heavy atom. The molecule has 0 saturated heterocycles. The third-order valence-electron chi connectivity index (χ3n) is 2.54. The van der Waals surface area contributed by atoms with Crippen molar-refractivity contribution in [2.24, 2.45) is 0 Å². The standard InChI is InChI=1S/C11H12N6S/c1-6(2)9-14-15-11-17(9)16-10(18-11)8-4-3-7(12)5-13-8/h3-6H,12H2,1-2H3. The number of nitrogens with two attached hydrogens (primary N) is 1. The highest BCUT2D eigenvalue weighted by Crippen LogP contribution is 2.25. The Bertz CT molecular complexity index is 681. The summed E-state index contributed by atoms with van der Waals surface area (Å²) in [7, 11) is 0. The monoisotopic (exact) mass is 260 g/mol. The molecule has 0 radical (unpaired) electrons. The van der Waals surface area contributed by atoms with Gasteiger partial charge in [0.15, 0.2) is 10.8 Å². The number of hydrogen-bond donors (Lipinski definition) is 1. The molecule has 3 aromatic rings. The zero-order chi connectivity index (χ0) is 12.7. The van der Waals surface area contributed by atoms with E-state index >= 15 is 0 Å². The van der Waals surface area contributed by atoms with Crippen molar-refractivity contribution in [3.63, 3.8) is 0 Å². The molecule has 2 N–H and O–H groups in total. The highest BCUT2D eigenvalue weighted by atomic mass is 32.1. The first-order chi connectivity index (χ1) is 8.65. The molecule has 0 aliphatic heterocycles. The Labute approximate surface area is 107 Å². The third kappa shape index (κ3) is 1.72. The number of rotatable bonds is 2. The third-order valence-corrected chi connectivity index (χ3v) is 3.46. The van der Waals surface area contributed by atoms with Crippen molar-refractivity contribution >= 4 is 22.0 Å². The van der Waals surface area contributed by atoms with Crippen LogP contribution < -0.4 is 5.73 Å². The molecule has 6 nitrogen and oxygen atoms in total. The van der Waals surface area contributed by atoms with Gasteiger partial charge in [-0.05, 0) is 12.1 Å². The molecule has 0 amide bonds. The van der Waals surface area contributed by atoms with Crippen LogP contribution in [0.5, 0.6) is 0 Å². The highest BCUT2D eigenvalue weighted by Gasteiger charge is 2.15. The van der Waals surface area contributed by atoms with Crippen molar-refractivity contribution in [1.82, 2.24) is 24.8 Å². The maximum absolute atomic E-state index is 5.62. The van der Waals surface area contributed by atoms with Gasteiger partial charge < -0.3 is 5.73 Å². The average molecular weight is 260 g/mol. The van der Waals surface area contributed by atoms with Crippen LogP contribution in [-0.4, -0.2) is 24.8 Å². The topological polar surface area (TPSA) is 82.0 Å². The van der Waals surface area contributed by atoms with Crippen molar-refractivity contribution in [1.29, 1.82) is 0 Å². The van der Waals surface area contributed by atoms with Crippen LogP contribution in [0.4, 0.5) is 5.69 Å². The lowest BCUT2D eigenvalue weighted by atomic mass is 10.2. The van der Waals surface area contributed by atoms with Crippen molar-refractivity contribution in [3.05, 3.63) is 24.2 Å². The Kier molecular flexibility index (Phi) is 2.48. The highest BCUT2D eigenvalue weighted by molar-refractivity contribution is 7.19. The number of aromatic nitrogens is 5. The molecule has 0 unspecified atom stereocenters. The fourth-order valence-corrected chi connectivity index (χ4v) is 2.45. The minimum Gasteiger partial charge on any atom is -0.397 e. The summed E-state index contributed by atoms with van der Waals surface area (Å²) in [5.41, 5.74) is 7.06. The second-order valence-electron chi connectivity index (χ2n) is 4.29. The predicted octanol–water partition coefficient (Wildman–Crippen LogP) is 1.95. The van der Waals surface area contributed by atoms with Gasteiger partial charge in [-0.3, -0.25) is 4.98 Å². The summed E-state index contributed by atoms with van der Waals surface area (Å²) in [5.74, 6) is 1.15. The molecule has 0 aliphatic rings. The summed E-state index contributed by atoms with van der Waals surface area (Å²) in [4.78, 5) is 5.04. The van der Waals surface area contributed by atoms with Gasteiger partial charge in [-0.15, -0.1) is 10.2 Å². The second-order valence-corrected chi connectivity index (χ2v) is 5.25. The Balaban J connectivity index is 2.11. The predicted molar refractivity (Wildman–Crippen MR) is 70.4 cm³/mol. The lowest BCUT2D eigenvalue weighted by molar-refractivity contribution is 0.726. The van der Waals surface area contributed by atoms with Crippen LogP contribution in [0.1, 0.15) is 25.6 Å². The van der Waals surface area contributed by atoms with Crippen LogP contribution in [0, 0.1) is 0 Å². The van der Waals surface area contributed by atoms with Gasteiger partial charge in [-0.2, -0.15) is 9.61 Å². The Hall–Kier alpha value is -2.02. The molecule has 92 valence electrons. The van der Waals surface area contributed by atoms with Crippen molar-refractivity contribution < 1.29 is 0 Å². The average Bonchev–Trinajstić information content (AvgIpc) is 2.88. The van der Waals surface area contributed by atoms with Gasteiger partial charge in [0.05, 0.1) is 11.9 Å². The SMILES string of the molecule is CC(C)c1nnc2sc(-c3ccc(N)cn3)nn12. The van der Waals surface area contributed by atoms with Gasteiger partial charge in [-0.25, -0.2) is 0 Å². The van der Waals surface area contributed by atoms with Crippen molar-refractivity contribution in [2.45, 2.75) is 19.8 Å². The molecule has 18 heavy (non-hydrogen) atoms. The van der Waals surface area contributed by atoms with Crippen LogP contribution in [-0.2, 0) is 0 Å². The molecule has 0 aromatic carbocycles.